The van der Waals surface area contributed by atoms with E-state index < -0.39 is 0 Å². The molecule has 4 heteroatoms. The molecule has 0 aliphatic rings. The summed E-state index contributed by atoms with van der Waals surface area (Å²) in [6, 6.07) is 0. The van der Waals surface area contributed by atoms with Gasteiger partial charge in [0.1, 0.15) is 0 Å². The number of halogens is 1. The molecule has 0 saturated heterocycles. The summed E-state index contributed by atoms with van der Waals surface area (Å²) in [6.45, 7) is 2.93. The van der Waals surface area contributed by atoms with E-state index >= 15 is 0 Å². The van der Waals surface area contributed by atoms with E-state index in [1.807, 2.05) is 0 Å². The molecule has 0 rings (SSSR count). The van der Waals surface area contributed by atoms with Crippen LogP contribution in [0.25, 0.3) is 0 Å². The van der Waals surface area contributed by atoms with Crippen molar-refractivity contribution < 1.29 is 4.29 Å². The first kappa shape index (κ1) is 19.8. The Hall–Kier alpha value is 2.25. The van der Waals surface area contributed by atoms with Crippen LogP contribution in [0.3, 0.4) is 0 Å². The maximum atomic E-state index is 5.04. The van der Waals surface area contributed by atoms with Crippen LogP contribution in [-0.2, 0) is 4.29 Å². The second-order valence-electron chi connectivity index (χ2n) is 2.58. The standard InChI is InChI=1S/C8H17ClO.2Na.2H/c1-2-3-4-5-6-7-8-10-9;;;;/h2-8H2,1H3;;;;. The van der Waals surface area contributed by atoms with Crippen LogP contribution < -0.4 is 0 Å². The van der Waals surface area contributed by atoms with Gasteiger partial charge < -0.3 is 0 Å². The van der Waals surface area contributed by atoms with E-state index in [2.05, 4.69) is 11.2 Å². The molecule has 0 aromatic carbocycles. The number of unbranched alkanes of at least 4 members (excludes halogenated alkanes) is 5. The summed E-state index contributed by atoms with van der Waals surface area (Å²) in [4.78, 5) is 0. The van der Waals surface area contributed by atoms with Gasteiger partial charge in [0.05, 0.1) is 18.5 Å². The molecule has 66 valence electrons. The first-order chi connectivity index (χ1) is 4.91. The van der Waals surface area contributed by atoms with E-state index in [9.17, 15) is 0 Å². The van der Waals surface area contributed by atoms with Gasteiger partial charge in [-0.15, -0.1) is 0 Å². The van der Waals surface area contributed by atoms with Crippen molar-refractivity contribution in [2.75, 3.05) is 6.61 Å². The molecule has 1 nitrogen and oxygen atoms in total. The van der Waals surface area contributed by atoms with Crippen molar-refractivity contribution in [2.24, 2.45) is 0 Å². The van der Waals surface area contributed by atoms with Gasteiger partial charge in [0, 0.05) is 0 Å². The van der Waals surface area contributed by atoms with Gasteiger partial charge in [-0.3, -0.25) is 4.29 Å². The molecule has 0 spiro atoms. The van der Waals surface area contributed by atoms with Crippen LogP contribution in [0.4, 0.5) is 0 Å². The molecular formula is C8H19ClNa2O. The molecule has 0 aromatic rings. The fraction of sp³-hybridized carbons (Fsp3) is 1.00. The van der Waals surface area contributed by atoms with Gasteiger partial charge in [-0.05, 0) is 6.42 Å². The van der Waals surface area contributed by atoms with Crippen molar-refractivity contribution in [3.63, 3.8) is 0 Å². The van der Waals surface area contributed by atoms with Crippen molar-refractivity contribution in [2.45, 2.75) is 45.4 Å². The molecule has 12 heavy (non-hydrogen) atoms. The predicted molar refractivity (Wildman–Crippen MR) is 59.5 cm³/mol. The first-order valence-corrected chi connectivity index (χ1v) is 4.46. The van der Waals surface area contributed by atoms with E-state index in [1.165, 1.54) is 32.1 Å². The molecule has 0 aromatic heterocycles. The number of hydrogen-bond donors (Lipinski definition) is 0. The quantitative estimate of drug-likeness (QED) is 0.465. The second-order valence-corrected chi connectivity index (χ2v) is 2.80. The van der Waals surface area contributed by atoms with Crippen LogP contribution >= 0.6 is 11.9 Å². The van der Waals surface area contributed by atoms with Crippen LogP contribution in [-0.4, -0.2) is 65.7 Å². The third-order valence-electron chi connectivity index (χ3n) is 1.58. The molecule has 0 bridgehead atoms. The van der Waals surface area contributed by atoms with Crippen LogP contribution in [0.15, 0.2) is 0 Å². The Kier molecular flexibility index (Phi) is 31.2. The Balaban J connectivity index is -0.000000405. The molecule has 0 unspecified atom stereocenters. The Bertz CT molecular complexity index is 57.0. The van der Waals surface area contributed by atoms with Crippen molar-refractivity contribution in [3.05, 3.63) is 0 Å². The molecule has 0 radical (unpaired) electrons. The molecule has 0 aliphatic carbocycles. The van der Waals surface area contributed by atoms with Gasteiger partial charge in [-0.2, -0.15) is 0 Å². The third-order valence-corrected chi connectivity index (χ3v) is 1.73. The SMILES string of the molecule is CCCCCCCCOCl.[NaH].[NaH]. The van der Waals surface area contributed by atoms with Gasteiger partial charge in [-0.25, -0.2) is 0 Å². The van der Waals surface area contributed by atoms with Crippen molar-refractivity contribution in [3.8, 4) is 0 Å². The topological polar surface area (TPSA) is 9.23 Å². The van der Waals surface area contributed by atoms with E-state index in [0.717, 1.165) is 6.42 Å². The van der Waals surface area contributed by atoms with Crippen LogP contribution in [0.1, 0.15) is 45.4 Å². The van der Waals surface area contributed by atoms with Crippen LogP contribution in [0, 0.1) is 0 Å². The van der Waals surface area contributed by atoms with E-state index in [0.29, 0.717) is 6.61 Å². The summed E-state index contributed by atoms with van der Waals surface area (Å²) in [5, 5.41) is 0. The third kappa shape index (κ3) is 18.1. The summed E-state index contributed by atoms with van der Waals surface area (Å²) in [6.07, 6.45) is 7.72. The average molecular weight is 213 g/mol. The Labute approximate surface area is 126 Å². The van der Waals surface area contributed by atoms with E-state index in [-0.39, 0.29) is 59.1 Å². The monoisotopic (exact) mass is 212 g/mol. The van der Waals surface area contributed by atoms with Crippen LogP contribution in [0.2, 0.25) is 0 Å². The summed E-state index contributed by atoms with van der Waals surface area (Å²) in [7, 11) is 0. The molecule has 0 atom stereocenters. The van der Waals surface area contributed by atoms with E-state index in [4.69, 9.17) is 11.9 Å². The van der Waals surface area contributed by atoms with Gasteiger partial charge in [0.15, 0.2) is 0 Å². The molecule has 0 aliphatic heterocycles. The van der Waals surface area contributed by atoms with Gasteiger partial charge >= 0.3 is 59.1 Å². The van der Waals surface area contributed by atoms with Gasteiger partial charge in [-0.1, -0.05) is 39.0 Å². The Morgan fingerprint density at radius 1 is 0.917 bits per heavy atom. The Morgan fingerprint density at radius 3 is 1.92 bits per heavy atom. The van der Waals surface area contributed by atoms with E-state index in [1.54, 1.807) is 0 Å². The second kappa shape index (κ2) is 18.9. The number of hydrogen-bond acceptors (Lipinski definition) is 1. The zero-order chi connectivity index (χ0) is 7.66. The summed E-state index contributed by atoms with van der Waals surface area (Å²) in [5.41, 5.74) is 0. The van der Waals surface area contributed by atoms with Crippen molar-refractivity contribution in [1.82, 2.24) is 0 Å². The average Bonchev–Trinajstić information content (AvgIpc) is 1.97. The molecule has 0 saturated carbocycles. The molecular weight excluding hydrogens is 194 g/mol. The Morgan fingerprint density at radius 2 is 1.42 bits per heavy atom. The fourth-order valence-electron chi connectivity index (χ4n) is 0.937. The zero-order valence-corrected chi connectivity index (χ0v) is 7.49. The number of rotatable bonds is 7. The van der Waals surface area contributed by atoms with Gasteiger partial charge in [0.2, 0.25) is 0 Å². The molecule has 0 amide bonds. The zero-order valence-electron chi connectivity index (χ0n) is 6.74. The summed E-state index contributed by atoms with van der Waals surface area (Å²) < 4.78 is 4.42. The summed E-state index contributed by atoms with van der Waals surface area (Å²) in [5.74, 6) is 0. The first-order valence-electron chi connectivity index (χ1n) is 4.15. The maximum absolute atomic E-state index is 5.04. The molecule has 0 heterocycles. The van der Waals surface area contributed by atoms with Crippen molar-refractivity contribution >= 4 is 71.0 Å². The van der Waals surface area contributed by atoms with Gasteiger partial charge in [0.25, 0.3) is 0 Å². The molecule has 0 N–H and O–H groups in total. The van der Waals surface area contributed by atoms with Crippen LogP contribution in [0.5, 0.6) is 0 Å². The fourth-order valence-corrected chi connectivity index (χ4v) is 1.05. The molecule has 0 fully saturated rings. The minimum atomic E-state index is 0. The minimum absolute atomic E-state index is 0. The normalized spacial score (nSPS) is 8.50. The summed E-state index contributed by atoms with van der Waals surface area (Å²) >= 11 is 5.04. The predicted octanol–water partition coefficient (Wildman–Crippen LogP) is 2.22. The van der Waals surface area contributed by atoms with Crippen molar-refractivity contribution in [1.29, 1.82) is 0 Å².